The van der Waals surface area contributed by atoms with Gasteiger partial charge in [0.15, 0.2) is 22.4 Å². The third kappa shape index (κ3) is 5.91. The highest BCUT2D eigenvalue weighted by Gasteiger charge is 2.14. The quantitative estimate of drug-likeness (QED) is 0.256. The van der Waals surface area contributed by atoms with Crippen LogP contribution in [0.15, 0.2) is 90.3 Å². The number of methoxy groups -OCH3 is 2. The average Bonchev–Trinajstić information content (AvgIpc) is 3.39. The summed E-state index contributed by atoms with van der Waals surface area (Å²) in [4.78, 5) is 29.9. The molecule has 8 heteroatoms. The summed E-state index contributed by atoms with van der Waals surface area (Å²) in [5.74, 6) is 1.06. The zero-order chi connectivity index (χ0) is 24.6. The lowest BCUT2D eigenvalue weighted by Crippen LogP contribution is -2.22. The van der Waals surface area contributed by atoms with Gasteiger partial charge in [-0.25, -0.2) is 4.98 Å². The lowest BCUT2D eigenvalue weighted by Gasteiger charge is -2.11. The van der Waals surface area contributed by atoms with E-state index in [-0.39, 0.29) is 17.4 Å². The first kappa shape index (κ1) is 24.1. The van der Waals surface area contributed by atoms with Crippen LogP contribution in [-0.4, -0.2) is 41.2 Å². The Balaban J connectivity index is 1.43. The Morgan fingerprint density at radius 3 is 2.49 bits per heavy atom. The molecular formula is C27H25N3O4S. The van der Waals surface area contributed by atoms with Crippen LogP contribution in [0.5, 0.6) is 11.5 Å². The Labute approximate surface area is 208 Å². The molecule has 0 radical (unpaired) electrons. The molecule has 0 saturated heterocycles. The van der Waals surface area contributed by atoms with E-state index in [1.807, 2.05) is 59.3 Å². The standard InChI is InChI=1S/C27H25N3O4S/c1-33-24-12-11-20(16-25(24)34-2)23(31)18-35-27-28-13-14-30(27)22-10-6-9-21(15-22)26(32)29-17-19-7-4-3-5-8-19/h3-16H,17-18H2,1-2H3,(H,29,32). The van der Waals surface area contributed by atoms with Crippen molar-refractivity contribution in [1.82, 2.24) is 14.9 Å². The summed E-state index contributed by atoms with van der Waals surface area (Å²) in [5, 5.41) is 3.60. The number of nitrogens with one attached hydrogen (secondary N) is 1. The first-order valence-corrected chi connectivity index (χ1v) is 11.9. The van der Waals surface area contributed by atoms with Gasteiger partial charge in [0, 0.05) is 35.8 Å². The third-order valence-corrected chi connectivity index (χ3v) is 6.29. The van der Waals surface area contributed by atoms with Crippen molar-refractivity contribution < 1.29 is 19.1 Å². The molecule has 0 aliphatic rings. The SMILES string of the molecule is COc1ccc(C(=O)CSc2nccn2-c2cccc(C(=O)NCc3ccccc3)c2)cc1OC. The molecule has 0 spiro atoms. The molecule has 3 aromatic carbocycles. The number of hydrogen-bond acceptors (Lipinski definition) is 6. The van der Waals surface area contributed by atoms with Crippen molar-refractivity contribution in [1.29, 1.82) is 0 Å². The highest BCUT2D eigenvalue weighted by molar-refractivity contribution is 7.99. The Morgan fingerprint density at radius 2 is 1.71 bits per heavy atom. The van der Waals surface area contributed by atoms with Crippen LogP contribution in [0, 0.1) is 0 Å². The van der Waals surface area contributed by atoms with Crippen LogP contribution in [-0.2, 0) is 6.54 Å². The Bertz CT molecular complexity index is 1320. The number of nitrogens with zero attached hydrogens (tertiary/aromatic N) is 2. The predicted molar refractivity (Wildman–Crippen MR) is 136 cm³/mol. The van der Waals surface area contributed by atoms with Crippen molar-refractivity contribution in [2.75, 3.05) is 20.0 Å². The monoisotopic (exact) mass is 487 g/mol. The molecule has 4 rings (SSSR count). The molecule has 0 fully saturated rings. The molecule has 0 aliphatic heterocycles. The van der Waals surface area contributed by atoms with Crippen LogP contribution in [0.4, 0.5) is 0 Å². The van der Waals surface area contributed by atoms with Crippen molar-refractivity contribution in [3.8, 4) is 17.2 Å². The first-order valence-electron chi connectivity index (χ1n) is 10.9. The number of aromatic nitrogens is 2. The van der Waals surface area contributed by atoms with Crippen LogP contribution < -0.4 is 14.8 Å². The fraction of sp³-hybridized carbons (Fsp3) is 0.148. The molecular weight excluding hydrogens is 462 g/mol. The number of imidazole rings is 1. The van der Waals surface area contributed by atoms with E-state index in [2.05, 4.69) is 10.3 Å². The number of carbonyl (C=O) groups is 2. The first-order chi connectivity index (χ1) is 17.1. The number of ether oxygens (including phenoxy) is 2. The van der Waals surface area contributed by atoms with Crippen molar-refractivity contribution in [2.45, 2.75) is 11.7 Å². The number of thioether (sulfide) groups is 1. The Hall–Kier alpha value is -4.04. The lowest BCUT2D eigenvalue weighted by molar-refractivity contribution is 0.0950. The van der Waals surface area contributed by atoms with Crippen LogP contribution in [0.2, 0.25) is 0 Å². The average molecular weight is 488 g/mol. The van der Waals surface area contributed by atoms with Gasteiger partial charge in [0.25, 0.3) is 5.91 Å². The van der Waals surface area contributed by atoms with E-state index in [1.165, 1.54) is 18.9 Å². The number of ketones is 1. The summed E-state index contributed by atoms with van der Waals surface area (Å²) < 4.78 is 12.4. The van der Waals surface area contributed by atoms with E-state index in [0.29, 0.717) is 34.3 Å². The molecule has 0 saturated carbocycles. The second kappa shape index (κ2) is 11.4. The minimum absolute atomic E-state index is 0.0560. The molecule has 4 aromatic rings. The summed E-state index contributed by atoms with van der Waals surface area (Å²) >= 11 is 1.33. The van der Waals surface area contributed by atoms with Gasteiger partial charge in [0.05, 0.1) is 20.0 Å². The molecule has 7 nitrogen and oxygen atoms in total. The van der Waals surface area contributed by atoms with Crippen LogP contribution in [0.3, 0.4) is 0 Å². The summed E-state index contributed by atoms with van der Waals surface area (Å²) in [5.41, 5.74) is 2.90. The van der Waals surface area contributed by atoms with Gasteiger partial charge in [-0.1, -0.05) is 48.2 Å². The fourth-order valence-electron chi connectivity index (χ4n) is 3.49. The second-order valence-electron chi connectivity index (χ2n) is 7.58. The maximum atomic E-state index is 12.8. The molecule has 0 bridgehead atoms. The number of benzene rings is 3. The topological polar surface area (TPSA) is 82.5 Å². The summed E-state index contributed by atoms with van der Waals surface area (Å²) in [6.07, 6.45) is 3.48. The highest BCUT2D eigenvalue weighted by Crippen LogP contribution is 2.29. The van der Waals surface area contributed by atoms with Gasteiger partial charge in [-0.05, 0) is 42.0 Å². The molecule has 1 aromatic heterocycles. The van der Waals surface area contributed by atoms with Crippen LogP contribution >= 0.6 is 11.8 Å². The van der Waals surface area contributed by atoms with Crippen molar-refractivity contribution >= 4 is 23.5 Å². The normalized spacial score (nSPS) is 10.6. The van der Waals surface area contributed by atoms with Gasteiger partial charge in [-0.15, -0.1) is 0 Å². The number of hydrogen-bond donors (Lipinski definition) is 1. The largest absolute Gasteiger partial charge is 0.493 e. The Kier molecular flexibility index (Phi) is 7.84. The third-order valence-electron chi connectivity index (χ3n) is 5.33. The molecule has 1 N–H and O–H groups in total. The molecule has 0 aliphatic carbocycles. The van der Waals surface area contributed by atoms with E-state index in [9.17, 15) is 9.59 Å². The maximum absolute atomic E-state index is 12.8. The van der Waals surface area contributed by atoms with Gasteiger partial charge in [0.1, 0.15) is 0 Å². The van der Waals surface area contributed by atoms with E-state index >= 15 is 0 Å². The van der Waals surface area contributed by atoms with E-state index in [0.717, 1.165) is 11.3 Å². The predicted octanol–water partition coefficient (Wildman–Crippen LogP) is 4.79. The minimum Gasteiger partial charge on any atom is -0.493 e. The molecule has 1 heterocycles. The van der Waals surface area contributed by atoms with Gasteiger partial charge in [-0.3, -0.25) is 14.2 Å². The smallest absolute Gasteiger partial charge is 0.251 e. The zero-order valence-corrected chi connectivity index (χ0v) is 20.2. The second-order valence-corrected chi connectivity index (χ2v) is 8.52. The zero-order valence-electron chi connectivity index (χ0n) is 19.4. The van der Waals surface area contributed by atoms with Gasteiger partial charge in [-0.2, -0.15) is 0 Å². The molecule has 1 amide bonds. The summed E-state index contributed by atoms with van der Waals surface area (Å²) in [6.45, 7) is 0.453. The molecule has 178 valence electrons. The van der Waals surface area contributed by atoms with E-state index < -0.39 is 0 Å². The number of carbonyl (C=O) groups excluding carboxylic acids is 2. The summed E-state index contributed by atoms with van der Waals surface area (Å²) in [7, 11) is 3.09. The van der Waals surface area contributed by atoms with Crippen LogP contribution in [0.25, 0.3) is 5.69 Å². The highest BCUT2D eigenvalue weighted by atomic mass is 32.2. The molecule has 35 heavy (non-hydrogen) atoms. The van der Waals surface area contributed by atoms with Crippen molar-refractivity contribution in [3.05, 3.63) is 102 Å². The number of Topliss-reactive ketones (excluding diaryl/α,β-unsaturated/α-hetero) is 1. The lowest BCUT2D eigenvalue weighted by atomic mass is 10.1. The maximum Gasteiger partial charge on any atom is 0.251 e. The van der Waals surface area contributed by atoms with Crippen molar-refractivity contribution in [2.24, 2.45) is 0 Å². The van der Waals surface area contributed by atoms with E-state index in [1.54, 1.807) is 37.6 Å². The molecule has 0 atom stereocenters. The van der Waals surface area contributed by atoms with Crippen molar-refractivity contribution in [3.63, 3.8) is 0 Å². The number of amides is 1. The minimum atomic E-state index is -0.159. The number of rotatable bonds is 10. The van der Waals surface area contributed by atoms with Gasteiger partial charge in [0.2, 0.25) is 0 Å². The fourth-order valence-corrected chi connectivity index (χ4v) is 4.36. The van der Waals surface area contributed by atoms with Gasteiger partial charge < -0.3 is 14.8 Å². The van der Waals surface area contributed by atoms with E-state index in [4.69, 9.17) is 9.47 Å². The molecule has 0 unspecified atom stereocenters. The van der Waals surface area contributed by atoms with Gasteiger partial charge >= 0.3 is 0 Å². The van der Waals surface area contributed by atoms with Crippen LogP contribution in [0.1, 0.15) is 26.3 Å². The Morgan fingerprint density at radius 1 is 0.914 bits per heavy atom. The summed E-state index contributed by atoms with van der Waals surface area (Å²) in [6, 6.07) is 22.2.